The molecule has 0 bridgehead atoms. The van der Waals surface area contributed by atoms with Crippen molar-refractivity contribution < 1.29 is 4.74 Å². The van der Waals surface area contributed by atoms with Crippen LogP contribution >= 0.6 is 11.6 Å². The number of nitriles is 1. The summed E-state index contributed by atoms with van der Waals surface area (Å²) in [5.74, 6) is 0.599. The smallest absolute Gasteiger partial charge is 0.139 e. The number of hydrogen-bond donors (Lipinski definition) is 1. The molecule has 2 N–H and O–H groups in total. The minimum absolute atomic E-state index is 0.303. The van der Waals surface area contributed by atoms with Crippen molar-refractivity contribution in [2.24, 2.45) is 5.41 Å². The maximum atomic E-state index is 8.86. The molecule has 0 unspecified atom stereocenters. The van der Waals surface area contributed by atoms with Crippen molar-refractivity contribution in [3.63, 3.8) is 0 Å². The number of nitrogen functional groups attached to an aromatic ring is 1. The Kier molecular flexibility index (Phi) is 4.65. The highest BCUT2D eigenvalue weighted by Gasteiger charge is 2.15. The third-order valence-electron chi connectivity index (χ3n) is 2.46. The van der Waals surface area contributed by atoms with Crippen LogP contribution in [-0.2, 0) is 0 Å². The van der Waals surface area contributed by atoms with Gasteiger partial charge in [-0.1, -0.05) is 11.6 Å². The van der Waals surface area contributed by atoms with E-state index in [1.54, 1.807) is 18.2 Å². The third kappa shape index (κ3) is 4.54. The van der Waals surface area contributed by atoms with Crippen LogP contribution in [0, 0.1) is 16.7 Å². The first kappa shape index (κ1) is 13.7. The Morgan fingerprint density at radius 1 is 1.47 bits per heavy atom. The molecule has 0 heterocycles. The third-order valence-corrected chi connectivity index (χ3v) is 2.77. The van der Waals surface area contributed by atoms with Crippen molar-refractivity contribution in [2.45, 2.75) is 26.7 Å². The van der Waals surface area contributed by atoms with E-state index in [2.05, 4.69) is 6.07 Å². The molecule has 0 aliphatic rings. The van der Waals surface area contributed by atoms with E-state index in [0.717, 1.165) is 12.8 Å². The molecule has 0 atom stereocenters. The molecule has 0 fully saturated rings. The van der Waals surface area contributed by atoms with Crippen molar-refractivity contribution in [1.82, 2.24) is 0 Å². The van der Waals surface area contributed by atoms with Crippen LogP contribution in [0.4, 0.5) is 5.69 Å². The standard InChI is InChI=1S/C13H17ClN2O/c1-13(2,9-15)6-3-7-17-12-8-10(16)4-5-11(12)14/h4-5,8H,3,6-7,16H2,1-2H3. The van der Waals surface area contributed by atoms with Crippen LogP contribution in [0.1, 0.15) is 26.7 Å². The van der Waals surface area contributed by atoms with Gasteiger partial charge in [0.1, 0.15) is 5.75 Å². The molecule has 0 aliphatic carbocycles. The maximum Gasteiger partial charge on any atom is 0.139 e. The molecule has 0 aromatic heterocycles. The van der Waals surface area contributed by atoms with Gasteiger partial charge < -0.3 is 10.5 Å². The second-order valence-electron chi connectivity index (χ2n) is 4.64. The predicted octanol–water partition coefficient (Wildman–Crippen LogP) is 3.63. The van der Waals surface area contributed by atoms with Crippen molar-refractivity contribution in [1.29, 1.82) is 5.26 Å². The Morgan fingerprint density at radius 3 is 2.82 bits per heavy atom. The molecule has 17 heavy (non-hydrogen) atoms. The lowest BCUT2D eigenvalue weighted by Crippen LogP contribution is -2.10. The van der Waals surface area contributed by atoms with Gasteiger partial charge in [-0.25, -0.2) is 0 Å². The summed E-state index contributed by atoms with van der Waals surface area (Å²) in [6, 6.07) is 7.41. The van der Waals surface area contributed by atoms with Gasteiger partial charge >= 0.3 is 0 Å². The summed E-state index contributed by atoms with van der Waals surface area (Å²) >= 11 is 5.96. The average molecular weight is 253 g/mol. The highest BCUT2D eigenvalue weighted by atomic mass is 35.5. The van der Waals surface area contributed by atoms with E-state index in [9.17, 15) is 0 Å². The van der Waals surface area contributed by atoms with Crippen LogP contribution in [0.3, 0.4) is 0 Å². The maximum absolute atomic E-state index is 8.86. The molecule has 0 spiro atoms. The Bertz CT molecular complexity index is 424. The summed E-state index contributed by atoms with van der Waals surface area (Å²) in [4.78, 5) is 0. The number of nitrogens with two attached hydrogens (primary N) is 1. The monoisotopic (exact) mass is 252 g/mol. The van der Waals surface area contributed by atoms with Crippen LogP contribution in [0.5, 0.6) is 5.75 Å². The van der Waals surface area contributed by atoms with Gasteiger partial charge in [-0.3, -0.25) is 0 Å². The van der Waals surface area contributed by atoms with E-state index >= 15 is 0 Å². The minimum atomic E-state index is -0.303. The molecule has 1 aromatic rings. The fourth-order valence-corrected chi connectivity index (χ4v) is 1.55. The largest absolute Gasteiger partial charge is 0.492 e. The van der Waals surface area contributed by atoms with Gasteiger partial charge in [0.25, 0.3) is 0 Å². The lowest BCUT2D eigenvalue weighted by molar-refractivity contribution is 0.284. The fourth-order valence-electron chi connectivity index (χ4n) is 1.38. The normalized spacial score (nSPS) is 10.9. The number of anilines is 1. The summed E-state index contributed by atoms with van der Waals surface area (Å²) in [6.45, 7) is 4.37. The first-order chi connectivity index (χ1) is 7.94. The number of hydrogen-bond acceptors (Lipinski definition) is 3. The molecule has 1 aromatic carbocycles. The molecule has 92 valence electrons. The molecule has 0 saturated carbocycles. The zero-order valence-electron chi connectivity index (χ0n) is 10.2. The molecule has 0 amide bonds. The summed E-state index contributed by atoms with van der Waals surface area (Å²) < 4.78 is 5.54. The highest BCUT2D eigenvalue weighted by molar-refractivity contribution is 6.32. The van der Waals surface area contributed by atoms with Crippen LogP contribution in [-0.4, -0.2) is 6.61 Å². The Morgan fingerprint density at radius 2 is 2.18 bits per heavy atom. The summed E-state index contributed by atoms with van der Waals surface area (Å²) in [5, 5.41) is 9.42. The second-order valence-corrected chi connectivity index (χ2v) is 5.04. The molecule has 1 rings (SSSR count). The number of rotatable bonds is 5. The van der Waals surface area contributed by atoms with Crippen LogP contribution in [0.15, 0.2) is 18.2 Å². The minimum Gasteiger partial charge on any atom is -0.492 e. The fraction of sp³-hybridized carbons (Fsp3) is 0.462. The van der Waals surface area contributed by atoms with Crippen LogP contribution < -0.4 is 10.5 Å². The van der Waals surface area contributed by atoms with Gasteiger partial charge in [-0.2, -0.15) is 5.26 Å². The highest BCUT2D eigenvalue weighted by Crippen LogP contribution is 2.27. The van der Waals surface area contributed by atoms with E-state index in [4.69, 9.17) is 27.3 Å². The lowest BCUT2D eigenvalue weighted by atomic mass is 9.90. The summed E-state index contributed by atoms with van der Waals surface area (Å²) in [7, 11) is 0. The number of benzene rings is 1. The molecule has 4 heteroatoms. The number of nitrogens with zero attached hydrogens (tertiary/aromatic N) is 1. The van der Waals surface area contributed by atoms with E-state index in [-0.39, 0.29) is 5.41 Å². The molecule has 0 aliphatic heterocycles. The molecular formula is C13H17ClN2O. The van der Waals surface area contributed by atoms with E-state index in [1.807, 2.05) is 13.8 Å². The quantitative estimate of drug-likeness (QED) is 0.643. The van der Waals surface area contributed by atoms with E-state index in [1.165, 1.54) is 0 Å². The first-order valence-electron chi connectivity index (χ1n) is 5.54. The zero-order valence-corrected chi connectivity index (χ0v) is 10.9. The van der Waals surface area contributed by atoms with Gasteiger partial charge in [0.15, 0.2) is 0 Å². The number of halogens is 1. The van der Waals surface area contributed by atoms with Crippen molar-refractivity contribution in [3.05, 3.63) is 23.2 Å². The summed E-state index contributed by atoms with van der Waals surface area (Å²) in [5.41, 5.74) is 5.96. The van der Waals surface area contributed by atoms with Gasteiger partial charge in [-0.15, -0.1) is 0 Å². The molecule has 0 radical (unpaired) electrons. The van der Waals surface area contributed by atoms with Gasteiger partial charge in [0.2, 0.25) is 0 Å². The topological polar surface area (TPSA) is 59.0 Å². The van der Waals surface area contributed by atoms with E-state index < -0.39 is 0 Å². The number of ether oxygens (including phenoxy) is 1. The predicted molar refractivity (Wildman–Crippen MR) is 70.0 cm³/mol. The van der Waals surface area contributed by atoms with Crippen molar-refractivity contribution >= 4 is 17.3 Å². The van der Waals surface area contributed by atoms with Gasteiger partial charge in [0, 0.05) is 11.8 Å². The molecule has 3 nitrogen and oxygen atoms in total. The Balaban J connectivity index is 2.42. The Labute approximate surface area is 107 Å². The van der Waals surface area contributed by atoms with Crippen molar-refractivity contribution in [2.75, 3.05) is 12.3 Å². The lowest BCUT2D eigenvalue weighted by Gasteiger charge is -2.15. The van der Waals surface area contributed by atoms with Crippen molar-refractivity contribution in [3.8, 4) is 11.8 Å². The van der Waals surface area contributed by atoms with Crippen LogP contribution in [0.2, 0.25) is 5.02 Å². The summed E-state index contributed by atoms with van der Waals surface area (Å²) in [6.07, 6.45) is 1.61. The second kappa shape index (κ2) is 5.79. The average Bonchev–Trinajstić information content (AvgIpc) is 2.29. The van der Waals surface area contributed by atoms with Gasteiger partial charge in [-0.05, 0) is 38.8 Å². The Hall–Kier alpha value is -1.40. The zero-order chi connectivity index (χ0) is 12.9. The van der Waals surface area contributed by atoms with Crippen LogP contribution in [0.25, 0.3) is 0 Å². The molecular weight excluding hydrogens is 236 g/mol. The van der Waals surface area contributed by atoms with Gasteiger partial charge in [0.05, 0.1) is 23.1 Å². The first-order valence-corrected chi connectivity index (χ1v) is 5.91. The molecule has 0 saturated heterocycles. The SMILES string of the molecule is CC(C)(C#N)CCCOc1cc(N)ccc1Cl. The van der Waals surface area contributed by atoms with E-state index in [0.29, 0.717) is 23.1 Å².